The van der Waals surface area contributed by atoms with Crippen LogP contribution in [0.2, 0.25) is 0 Å². The van der Waals surface area contributed by atoms with E-state index in [1.807, 2.05) is 0 Å². The van der Waals surface area contributed by atoms with Crippen LogP contribution in [0.3, 0.4) is 0 Å². The number of aliphatic hydroxyl groups is 2. The SMILES string of the molecule is Cl.O[C@@H](CNCCCl)[C@@H](O)CNCCCl. The van der Waals surface area contributed by atoms with Crippen LogP contribution in [0.5, 0.6) is 0 Å². The fraction of sp³-hybridized carbons (Fsp3) is 1.00. The first-order chi connectivity index (χ1) is 6.72. The minimum atomic E-state index is -0.777. The van der Waals surface area contributed by atoms with E-state index in [-0.39, 0.29) is 12.4 Å². The minimum absolute atomic E-state index is 0. The molecular weight excluding hydrogens is 262 g/mol. The number of rotatable bonds is 9. The summed E-state index contributed by atoms with van der Waals surface area (Å²) in [6.45, 7) is 1.94. The first-order valence-corrected chi connectivity index (χ1v) is 5.68. The number of alkyl halides is 2. The van der Waals surface area contributed by atoms with E-state index in [1.54, 1.807) is 0 Å². The molecular formula is C8H19Cl3N2O2. The van der Waals surface area contributed by atoms with Crippen molar-refractivity contribution >= 4 is 35.6 Å². The van der Waals surface area contributed by atoms with Crippen molar-refractivity contribution in [2.24, 2.45) is 0 Å². The minimum Gasteiger partial charge on any atom is -0.389 e. The Morgan fingerprint density at radius 3 is 1.47 bits per heavy atom. The van der Waals surface area contributed by atoms with Crippen molar-refractivity contribution in [2.45, 2.75) is 12.2 Å². The summed E-state index contributed by atoms with van der Waals surface area (Å²) < 4.78 is 0. The summed E-state index contributed by atoms with van der Waals surface area (Å²) in [7, 11) is 0. The molecule has 0 rings (SSSR count). The van der Waals surface area contributed by atoms with Crippen LogP contribution < -0.4 is 10.6 Å². The summed E-state index contributed by atoms with van der Waals surface area (Å²) in [4.78, 5) is 0. The predicted octanol–water partition coefficient (Wildman–Crippen LogP) is -0.213. The molecule has 0 saturated heterocycles. The van der Waals surface area contributed by atoms with Gasteiger partial charge in [0.25, 0.3) is 0 Å². The lowest BCUT2D eigenvalue weighted by atomic mass is 10.2. The zero-order valence-corrected chi connectivity index (χ0v) is 10.8. The van der Waals surface area contributed by atoms with Gasteiger partial charge in [-0.2, -0.15) is 0 Å². The highest BCUT2D eigenvalue weighted by molar-refractivity contribution is 6.18. The van der Waals surface area contributed by atoms with Crippen LogP contribution in [0.25, 0.3) is 0 Å². The van der Waals surface area contributed by atoms with E-state index in [4.69, 9.17) is 23.2 Å². The Morgan fingerprint density at radius 1 is 0.867 bits per heavy atom. The predicted molar refractivity (Wildman–Crippen MR) is 66.4 cm³/mol. The maximum absolute atomic E-state index is 9.42. The van der Waals surface area contributed by atoms with E-state index in [0.717, 1.165) is 0 Å². The largest absolute Gasteiger partial charge is 0.389 e. The zero-order valence-electron chi connectivity index (χ0n) is 8.46. The van der Waals surface area contributed by atoms with Crippen molar-refractivity contribution in [3.8, 4) is 0 Å². The van der Waals surface area contributed by atoms with Crippen LogP contribution >= 0.6 is 35.6 Å². The van der Waals surface area contributed by atoms with Gasteiger partial charge in [-0.25, -0.2) is 0 Å². The summed E-state index contributed by atoms with van der Waals surface area (Å²) in [5.74, 6) is 0.987. The summed E-state index contributed by atoms with van der Waals surface area (Å²) in [5.41, 5.74) is 0. The van der Waals surface area contributed by atoms with Crippen LogP contribution in [0.1, 0.15) is 0 Å². The number of hydrogen-bond acceptors (Lipinski definition) is 4. The van der Waals surface area contributed by atoms with Gasteiger partial charge in [0.15, 0.2) is 0 Å². The maximum atomic E-state index is 9.42. The molecule has 0 amide bonds. The second kappa shape index (κ2) is 12.8. The lowest BCUT2D eigenvalue weighted by molar-refractivity contribution is 0.0216. The molecule has 0 bridgehead atoms. The smallest absolute Gasteiger partial charge is 0.0935 e. The molecule has 7 heteroatoms. The average Bonchev–Trinajstić information content (AvgIpc) is 2.18. The average molecular weight is 282 g/mol. The zero-order chi connectivity index (χ0) is 10.8. The molecule has 0 spiro atoms. The normalized spacial score (nSPS) is 14.4. The third-order valence-corrected chi connectivity index (χ3v) is 2.07. The topological polar surface area (TPSA) is 64.5 Å². The molecule has 0 aromatic rings. The molecule has 0 aliphatic heterocycles. The molecule has 0 aromatic carbocycles. The molecule has 0 saturated carbocycles. The summed E-state index contributed by atoms with van der Waals surface area (Å²) in [6, 6.07) is 0. The highest BCUT2D eigenvalue weighted by Gasteiger charge is 2.14. The van der Waals surface area contributed by atoms with Crippen molar-refractivity contribution in [2.75, 3.05) is 37.9 Å². The fourth-order valence-electron chi connectivity index (χ4n) is 0.906. The number of hydrogen-bond donors (Lipinski definition) is 4. The fourth-order valence-corrected chi connectivity index (χ4v) is 1.17. The maximum Gasteiger partial charge on any atom is 0.0935 e. The molecule has 4 nitrogen and oxygen atoms in total. The van der Waals surface area contributed by atoms with Gasteiger partial charge < -0.3 is 20.8 Å². The summed E-state index contributed by atoms with van der Waals surface area (Å²) >= 11 is 10.9. The van der Waals surface area contributed by atoms with Crippen LogP contribution in [0, 0.1) is 0 Å². The molecule has 0 fully saturated rings. The third kappa shape index (κ3) is 11.0. The van der Waals surface area contributed by atoms with Gasteiger partial charge in [0.1, 0.15) is 0 Å². The van der Waals surface area contributed by atoms with Gasteiger partial charge in [-0.05, 0) is 0 Å². The van der Waals surface area contributed by atoms with E-state index in [0.29, 0.717) is 37.9 Å². The van der Waals surface area contributed by atoms with Gasteiger partial charge in [-0.3, -0.25) is 0 Å². The Labute approximate surface area is 107 Å². The monoisotopic (exact) mass is 280 g/mol. The van der Waals surface area contributed by atoms with Gasteiger partial charge in [-0.15, -0.1) is 35.6 Å². The molecule has 2 atom stereocenters. The molecule has 0 aromatic heterocycles. The van der Waals surface area contributed by atoms with Crippen LogP contribution in [0.15, 0.2) is 0 Å². The number of aliphatic hydroxyl groups excluding tert-OH is 2. The van der Waals surface area contributed by atoms with Crippen LogP contribution in [0.4, 0.5) is 0 Å². The molecule has 0 radical (unpaired) electrons. The van der Waals surface area contributed by atoms with Crippen molar-refractivity contribution in [3.05, 3.63) is 0 Å². The van der Waals surface area contributed by atoms with Gasteiger partial charge in [0.05, 0.1) is 12.2 Å². The van der Waals surface area contributed by atoms with Gasteiger partial charge in [-0.1, -0.05) is 0 Å². The van der Waals surface area contributed by atoms with E-state index < -0.39 is 12.2 Å². The summed E-state index contributed by atoms with van der Waals surface area (Å²) in [6.07, 6.45) is -1.55. The second-order valence-corrected chi connectivity index (χ2v) is 3.68. The molecule has 94 valence electrons. The Balaban J connectivity index is 0. The Kier molecular flexibility index (Phi) is 15.4. The second-order valence-electron chi connectivity index (χ2n) is 2.92. The van der Waals surface area contributed by atoms with Crippen molar-refractivity contribution in [3.63, 3.8) is 0 Å². The van der Waals surface area contributed by atoms with Gasteiger partial charge >= 0.3 is 0 Å². The third-order valence-electron chi connectivity index (χ3n) is 1.69. The quantitative estimate of drug-likeness (QED) is 0.349. The van der Waals surface area contributed by atoms with Gasteiger partial charge in [0, 0.05) is 37.9 Å². The van der Waals surface area contributed by atoms with E-state index >= 15 is 0 Å². The molecule has 0 heterocycles. The molecule has 15 heavy (non-hydrogen) atoms. The Morgan fingerprint density at radius 2 is 1.20 bits per heavy atom. The number of halogens is 3. The lowest BCUT2D eigenvalue weighted by Crippen LogP contribution is -2.42. The lowest BCUT2D eigenvalue weighted by Gasteiger charge is -2.18. The van der Waals surface area contributed by atoms with E-state index in [9.17, 15) is 10.2 Å². The number of nitrogens with one attached hydrogen (secondary N) is 2. The first kappa shape index (κ1) is 18.1. The Hall–Kier alpha value is 0.710. The molecule has 4 N–H and O–H groups in total. The van der Waals surface area contributed by atoms with E-state index in [1.165, 1.54) is 0 Å². The standard InChI is InChI=1S/C8H18Cl2N2O2.ClH/c9-1-3-11-5-7(13)8(14)6-12-4-2-10;/h7-8,11-14H,1-6H2;1H/t7-,8-;/m0./s1. The van der Waals surface area contributed by atoms with Crippen molar-refractivity contribution < 1.29 is 10.2 Å². The summed E-state index contributed by atoms with van der Waals surface area (Å²) in [5, 5.41) is 24.7. The van der Waals surface area contributed by atoms with Crippen LogP contribution in [-0.4, -0.2) is 60.4 Å². The van der Waals surface area contributed by atoms with Crippen molar-refractivity contribution in [1.29, 1.82) is 0 Å². The van der Waals surface area contributed by atoms with Crippen LogP contribution in [-0.2, 0) is 0 Å². The Bertz CT molecular complexity index is 118. The van der Waals surface area contributed by atoms with Crippen molar-refractivity contribution in [1.82, 2.24) is 10.6 Å². The highest BCUT2D eigenvalue weighted by Crippen LogP contribution is 1.90. The molecule has 0 aliphatic rings. The van der Waals surface area contributed by atoms with Gasteiger partial charge in [0.2, 0.25) is 0 Å². The van der Waals surface area contributed by atoms with E-state index in [2.05, 4.69) is 10.6 Å². The molecule has 0 unspecified atom stereocenters. The molecule has 0 aliphatic carbocycles. The highest BCUT2D eigenvalue weighted by atomic mass is 35.5. The first-order valence-electron chi connectivity index (χ1n) is 4.61.